The quantitative estimate of drug-likeness (QED) is 0.611. The van der Waals surface area contributed by atoms with Crippen LogP contribution in [-0.2, 0) is 16.0 Å². The van der Waals surface area contributed by atoms with Crippen LogP contribution < -0.4 is 0 Å². The Hall–Kier alpha value is -1.48. The van der Waals surface area contributed by atoms with Gasteiger partial charge in [-0.25, -0.2) is 4.98 Å². The SMILES string of the molecule is CCOCCN(CCOCC)Cc1ccnc(C#N)c1. The molecule has 0 aliphatic rings. The molecule has 0 unspecified atom stereocenters. The minimum absolute atomic E-state index is 0.456. The molecule has 110 valence electrons. The van der Waals surface area contributed by atoms with Crippen molar-refractivity contribution in [2.24, 2.45) is 0 Å². The van der Waals surface area contributed by atoms with Gasteiger partial charge in [-0.05, 0) is 31.5 Å². The van der Waals surface area contributed by atoms with E-state index in [2.05, 4.69) is 16.0 Å². The lowest BCUT2D eigenvalue weighted by Gasteiger charge is -2.22. The maximum absolute atomic E-state index is 8.88. The van der Waals surface area contributed by atoms with E-state index >= 15 is 0 Å². The first-order valence-corrected chi connectivity index (χ1v) is 7.03. The highest BCUT2D eigenvalue weighted by atomic mass is 16.5. The highest BCUT2D eigenvalue weighted by Crippen LogP contribution is 2.06. The van der Waals surface area contributed by atoms with Gasteiger partial charge in [-0.15, -0.1) is 0 Å². The van der Waals surface area contributed by atoms with Gasteiger partial charge < -0.3 is 9.47 Å². The molecule has 1 heterocycles. The molecule has 0 saturated carbocycles. The molecule has 5 heteroatoms. The van der Waals surface area contributed by atoms with Crippen molar-refractivity contribution in [3.05, 3.63) is 29.6 Å². The Kier molecular flexibility index (Phi) is 8.56. The van der Waals surface area contributed by atoms with Crippen LogP contribution in [0.3, 0.4) is 0 Å². The average molecular weight is 277 g/mol. The van der Waals surface area contributed by atoms with Crippen molar-refractivity contribution in [1.82, 2.24) is 9.88 Å². The van der Waals surface area contributed by atoms with Gasteiger partial charge >= 0.3 is 0 Å². The smallest absolute Gasteiger partial charge is 0.140 e. The number of hydrogen-bond acceptors (Lipinski definition) is 5. The molecule has 0 saturated heterocycles. The number of rotatable bonds is 10. The van der Waals surface area contributed by atoms with E-state index in [0.717, 1.165) is 38.4 Å². The Morgan fingerprint density at radius 2 is 1.85 bits per heavy atom. The summed E-state index contributed by atoms with van der Waals surface area (Å²) < 4.78 is 10.8. The van der Waals surface area contributed by atoms with Crippen molar-refractivity contribution < 1.29 is 9.47 Å². The molecule has 0 amide bonds. The normalized spacial score (nSPS) is 10.7. The van der Waals surface area contributed by atoms with Crippen molar-refractivity contribution in [3.63, 3.8) is 0 Å². The third kappa shape index (κ3) is 6.62. The maximum Gasteiger partial charge on any atom is 0.140 e. The van der Waals surface area contributed by atoms with Crippen molar-refractivity contribution in [3.8, 4) is 6.07 Å². The Labute approximate surface area is 121 Å². The van der Waals surface area contributed by atoms with Gasteiger partial charge in [0.05, 0.1) is 13.2 Å². The molecule has 0 fully saturated rings. The standard InChI is InChI=1S/C15H23N3O2/c1-3-19-9-7-18(8-10-20-4-2)13-14-5-6-17-15(11-14)12-16/h5-6,11H,3-4,7-10,13H2,1-2H3. The van der Waals surface area contributed by atoms with Crippen molar-refractivity contribution in [1.29, 1.82) is 5.26 Å². The zero-order valence-electron chi connectivity index (χ0n) is 12.3. The number of pyridine rings is 1. The molecule has 0 atom stereocenters. The summed E-state index contributed by atoms with van der Waals surface area (Å²) in [4.78, 5) is 6.25. The van der Waals surface area contributed by atoms with E-state index in [1.165, 1.54) is 0 Å². The largest absolute Gasteiger partial charge is 0.380 e. The fourth-order valence-corrected chi connectivity index (χ4v) is 1.84. The number of ether oxygens (including phenoxy) is 2. The summed E-state index contributed by atoms with van der Waals surface area (Å²) in [5, 5.41) is 8.88. The van der Waals surface area contributed by atoms with E-state index in [0.29, 0.717) is 18.9 Å². The van der Waals surface area contributed by atoms with Gasteiger partial charge in [0.2, 0.25) is 0 Å². The molecule has 1 aromatic heterocycles. The number of aromatic nitrogens is 1. The van der Waals surface area contributed by atoms with Crippen molar-refractivity contribution in [2.75, 3.05) is 39.5 Å². The highest BCUT2D eigenvalue weighted by molar-refractivity contribution is 5.25. The average Bonchev–Trinajstić information content (AvgIpc) is 2.47. The Morgan fingerprint density at radius 3 is 2.40 bits per heavy atom. The van der Waals surface area contributed by atoms with Crippen LogP contribution in [-0.4, -0.2) is 49.4 Å². The summed E-state index contributed by atoms with van der Waals surface area (Å²) in [5.41, 5.74) is 1.54. The third-order valence-corrected chi connectivity index (χ3v) is 2.86. The molecule has 0 N–H and O–H groups in total. The second-order valence-electron chi connectivity index (χ2n) is 4.33. The van der Waals surface area contributed by atoms with Gasteiger partial charge in [0.1, 0.15) is 11.8 Å². The Balaban J connectivity index is 2.54. The van der Waals surface area contributed by atoms with Crippen LogP contribution in [0.1, 0.15) is 25.1 Å². The van der Waals surface area contributed by atoms with E-state index in [9.17, 15) is 0 Å². The first-order valence-electron chi connectivity index (χ1n) is 7.03. The lowest BCUT2D eigenvalue weighted by atomic mass is 10.2. The van der Waals surface area contributed by atoms with Gasteiger partial charge in [0.25, 0.3) is 0 Å². The molecule has 20 heavy (non-hydrogen) atoms. The van der Waals surface area contributed by atoms with Gasteiger partial charge in [-0.3, -0.25) is 4.90 Å². The minimum Gasteiger partial charge on any atom is -0.380 e. The lowest BCUT2D eigenvalue weighted by Crippen LogP contribution is -2.30. The molecular weight excluding hydrogens is 254 g/mol. The van der Waals surface area contributed by atoms with E-state index in [1.54, 1.807) is 6.20 Å². The van der Waals surface area contributed by atoms with Crippen LogP contribution in [0.2, 0.25) is 0 Å². The van der Waals surface area contributed by atoms with Crippen LogP contribution in [0.25, 0.3) is 0 Å². The second kappa shape index (κ2) is 10.3. The Bertz CT molecular complexity index is 408. The molecule has 0 aliphatic heterocycles. The zero-order valence-corrected chi connectivity index (χ0v) is 12.3. The van der Waals surface area contributed by atoms with E-state index in [4.69, 9.17) is 14.7 Å². The lowest BCUT2D eigenvalue weighted by molar-refractivity contribution is 0.0798. The Morgan fingerprint density at radius 1 is 1.20 bits per heavy atom. The second-order valence-corrected chi connectivity index (χ2v) is 4.33. The molecule has 0 aliphatic carbocycles. The van der Waals surface area contributed by atoms with Crippen LogP contribution in [0.5, 0.6) is 0 Å². The first kappa shape index (κ1) is 16.6. The highest BCUT2D eigenvalue weighted by Gasteiger charge is 2.07. The maximum atomic E-state index is 8.88. The monoisotopic (exact) mass is 277 g/mol. The van der Waals surface area contributed by atoms with Gasteiger partial charge in [-0.2, -0.15) is 5.26 Å². The number of nitriles is 1. The van der Waals surface area contributed by atoms with Crippen LogP contribution in [0.15, 0.2) is 18.3 Å². The van der Waals surface area contributed by atoms with E-state index < -0.39 is 0 Å². The zero-order chi connectivity index (χ0) is 14.6. The molecule has 0 bridgehead atoms. The summed E-state index contributed by atoms with van der Waals surface area (Å²) in [6.45, 7) is 9.34. The van der Waals surface area contributed by atoms with Gasteiger partial charge in [0, 0.05) is 39.0 Å². The van der Waals surface area contributed by atoms with Crippen LogP contribution in [0.4, 0.5) is 0 Å². The molecular formula is C15H23N3O2. The third-order valence-electron chi connectivity index (χ3n) is 2.86. The molecule has 1 aromatic rings. The number of nitrogens with zero attached hydrogens (tertiary/aromatic N) is 3. The fourth-order valence-electron chi connectivity index (χ4n) is 1.84. The van der Waals surface area contributed by atoms with Crippen LogP contribution in [0, 0.1) is 11.3 Å². The molecule has 0 spiro atoms. The summed E-state index contributed by atoms with van der Waals surface area (Å²) in [6.07, 6.45) is 1.68. The summed E-state index contributed by atoms with van der Waals surface area (Å²) in [6, 6.07) is 5.83. The summed E-state index contributed by atoms with van der Waals surface area (Å²) >= 11 is 0. The van der Waals surface area contributed by atoms with Crippen molar-refractivity contribution in [2.45, 2.75) is 20.4 Å². The summed E-state index contributed by atoms with van der Waals surface area (Å²) in [7, 11) is 0. The van der Waals surface area contributed by atoms with Gasteiger partial charge in [0.15, 0.2) is 0 Å². The van der Waals surface area contributed by atoms with Crippen molar-refractivity contribution >= 4 is 0 Å². The fraction of sp³-hybridized carbons (Fsp3) is 0.600. The minimum atomic E-state index is 0.456. The van der Waals surface area contributed by atoms with E-state index in [1.807, 2.05) is 26.0 Å². The predicted molar refractivity (Wildman–Crippen MR) is 77.2 cm³/mol. The van der Waals surface area contributed by atoms with Gasteiger partial charge in [-0.1, -0.05) is 0 Å². The van der Waals surface area contributed by atoms with E-state index in [-0.39, 0.29) is 0 Å². The predicted octanol–water partition coefficient (Wildman–Crippen LogP) is 1.83. The molecule has 0 aromatic carbocycles. The number of hydrogen-bond donors (Lipinski definition) is 0. The topological polar surface area (TPSA) is 58.4 Å². The summed E-state index contributed by atoms with van der Waals surface area (Å²) in [5.74, 6) is 0. The molecule has 5 nitrogen and oxygen atoms in total. The van der Waals surface area contributed by atoms with Crippen LogP contribution >= 0.6 is 0 Å². The molecule has 0 radical (unpaired) electrons. The first-order chi connectivity index (χ1) is 9.80. The molecule has 1 rings (SSSR count).